The van der Waals surface area contributed by atoms with Crippen LogP contribution < -0.4 is 15.4 Å². The molecule has 4 aliphatic rings. The van der Waals surface area contributed by atoms with Crippen molar-refractivity contribution >= 4 is 64.1 Å². The molecule has 56 heavy (non-hydrogen) atoms. The topological polar surface area (TPSA) is 185 Å². The van der Waals surface area contributed by atoms with Gasteiger partial charge >= 0.3 is 0 Å². The molecule has 2 fully saturated rings. The van der Waals surface area contributed by atoms with E-state index in [9.17, 15) is 28.8 Å². The van der Waals surface area contributed by atoms with Crippen LogP contribution in [0.25, 0.3) is 5.00 Å². The average Bonchev–Trinajstić information content (AvgIpc) is 3.73. The van der Waals surface area contributed by atoms with Gasteiger partial charge in [0.15, 0.2) is 12.4 Å². The quantitative estimate of drug-likeness (QED) is 0.238. The van der Waals surface area contributed by atoms with Crippen LogP contribution in [0.3, 0.4) is 0 Å². The Bertz CT molecular complexity index is 2380. The first kappa shape index (κ1) is 37.2. The third kappa shape index (κ3) is 6.45. The van der Waals surface area contributed by atoms with E-state index in [1.54, 1.807) is 23.3 Å². The van der Waals surface area contributed by atoms with Gasteiger partial charge in [-0.2, -0.15) is 0 Å². The smallest absolute Gasteiger partial charge is 0.266 e. The Morgan fingerprint density at radius 2 is 1.77 bits per heavy atom. The standard InChI is InChI=1S/C39H37ClN8O7S/c1-18-19(2)56-39-32(18)34(21-8-10-22(40)11-9-21)42-26(35-45-44-20(3)47(35)39)16-30(50)41-23-14-24(15-23)46(4)31(51)17-55-28-7-5-6-25-33(28)38(54)48(37(25)53)27-12-13-29(49)43-36(27)52/h5-11,23-24,26-27H,12-17H2,1-4H3,(H,41,50)(H,43,49,52)/t23?,24?,26-,27?/m0/s1. The van der Waals surface area contributed by atoms with Gasteiger partial charge in [0, 0.05) is 46.6 Å². The molecule has 3 aliphatic heterocycles. The van der Waals surface area contributed by atoms with Crippen LogP contribution in [-0.4, -0.2) is 97.5 Å². The van der Waals surface area contributed by atoms with Crippen LogP contribution >= 0.6 is 22.9 Å². The SMILES string of the molecule is Cc1sc2c(c1C)C(c1ccc(Cl)cc1)=N[C@@H](CC(=O)NC1CC(N(C)C(=O)COc3cccc4c3C(=O)N(C3CCC(=O)NC3=O)C4=O)C1)c1nnc(C)n1-2. The molecule has 288 valence electrons. The second kappa shape index (κ2) is 14.4. The highest BCUT2D eigenvalue weighted by atomic mass is 35.5. The van der Waals surface area contributed by atoms with Gasteiger partial charge < -0.3 is 15.0 Å². The Morgan fingerprint density at radius 1 is 1.02 bits per heavy atom. The monoisotopic (exact) mass is 796 g/mol. The number of aromatic nitrogens is 3. The van der Waals surface area contributed by atoms with E-state index in [1.807, 2.05) is 35.8 Å². The number of hydrogen-bond acceptors (Lipinski definition) is 11. The molecule has 15 nitrogen and oxygen atoms in total. The summed E-state index contributed by atoms with van der Waals surface area (Å²) in [5.41, 5.74) is 3.74. The molecular weight excluding hydrogens is 760 g/mol. The molecule has 1 aliphatic carbocycles. The van der Waals surface area contributed by atoms with E-state index in [2.05, 4.69) is 34.7 Å². The molecule has 1 saturated carbocycles. The summed E-state index contributed by atoms with van der Waals surface area (Å²) in [4.78, 5) is 86.2. The number of ether oxygens (including phenoxy) is 1. The van der Waals surface area contributed by atoms with Crippen LogP contribution in [0.4, 0.5) is 0 Å². The summed E-state index contributed by atoms with van der Waals surface area (Å²) in [6.07, 6.45) is 1.11. The third-order valence-electron chi connectivity index (χ3n) is 10.9. The minimum Gasteiger partial charge on any atom is -0.483 e. The largest absolute Gasteiger partial charge is 0.483 e. The molecule has 4 aromatic rings. The van der Waals surface area contributed by atoms with Gasteiger partial charge in [0.25, 0.3) is 17.7 Å². The molecule has 5 heterocycles. The van der Waals surface area contributed by atoms with Crippen LogP contribution in [0, 0.1) is 20.8 Å². The molecule has 2 aromatic heterocycles. The highest BCUT2D eigenvalue weighted by Gasteiger charge is 2.46. The van der Waals surface area contributed by atoms with Crippen molar-refractivity contribution in [2.75, 3.05) is 13.7 Å². The lowest BCUT2D eigenvalue weighted by Gasteiger charge is -2.41. The van der Waals surface area contributed by atoms with Crippen molar-refractivity contribution in [3.8, 4) is 10.8 Å². The van der Waals surface area contributed by atoms with Gasteiger partial charge in [-0.1, -0.05) is 29.8 Å². The van der Waals surface area contributed by atoms with Crippen molar-refractivity contribution in [3.05, 3.63) is 91.8 Å². The van der Waals surface area contributed by atoms with E-state index in [0.717, 1.165) is 37.2 Å². The van der Waals surface area contributed by atoms with Crippen molar-refractivity contribution in [1.82, 2.24) is 35.2 Å². The summed E-state index contributed by atoms with van der Waals surface area (Å²) >= 11 is 7.86. The molecule has 2 N–H and O–H groups in total. The van der Waals surface area contributed by atoms with Gasteiger partial charge in [-0.15, -0.1) is 21.5 Å². The molecule has 1 unspecified atom stereocenters. The predicted molar refractivity (Wildman–Crippen MR) is 204 cm³/mol. The molecule has 0 spiro atoms. The molecular formula is C39H37ClN8O7S. The number of carbonyl (C=O) groups excluding carboxylic acids is 6. The average molecular weight is 797 g/mol. The lowest BCUT2D eigenvalue weighted by atomic mass is 9.85. The van der Waals surface area contributed by atoms with E-state index >= 15 is 0 Å². The van der Waals surface area contributed by atoms with Gasteiger partial charge in [0.1, 0.15) is 28.7 Å². The van der Waals surface area contributed by atoms with E-state index < -0.39 is 42.3 Å². The lowest BCUT2D eigenvalue weighted by molar-refractivity contribution is -0.137. The molecule has 17 heteroatoms. The van der Waals surface area contributed by atoms with E-state index in [1.165, 1.54) is 18.2 Å². The number of piperidine rings is 1. The number of hydrogen-bond donors (Lipinski definition) is 2. The number of aliphatic imine (C=N–C) groups is 1. The van der Waals surface area contributed by atoms with Crippen molar-refractivity contribution in [3.63, 3.8) is 0 Å². The van der Waals surface area contributed by atoms with Crippen molar-refractivity contribution in [2.24, 2.45) is 4.99 Å². The predicted octanol–water partition coefficient (Wildman–Crippen LogP) is 3.78. The molecule has 8 rings (SSSR count). The van der Waals surface area contributed by atoms with Crippen molar-refractivity contribution in [2.45, 2.75) is 77.0 Å². The van der Waals surface area contributed by atoms with E-state index in [4.69, 9.17) is 21.3 Å². The number of rotatable bonds is 9. The van der Waals surface area contributed by atoms with Gasteiger partial charge in [-0.25, -0.2) is 0 Å². The summed E-state index contributed by atoms with van der Waals surface area (Å²) in [7, 11) is 1.65. The number of fused-ring (bicyclic) bond motifs is 4. The Kier molecular flexibility index (Phi) is 9.56. The second-order valence-corrected chi connectivity index (χ2v) is 16.1. The minimum atomic E-state index is -1.12. The van der Waals surface area contributed by atoms with Gasteiger partial charge in [-0.05, 0) is 69.9 Å². The highest BCUT2D eigenvalue weighted by Crippen LogP contribution is 2.40. The number of likely N-dealkylation sites (N-methyl/N-ethyl adjacent to an activating group) is 1. The zero-order valence-electron chi connectivity index (χ0n) is 30.9. The first-order chi connectivity index (χ1) is 26.8. The second-order valence-electron chi connectivity index (χ2n) is 14.4. The van der Waals surface area contributed by atoms with Crippen molar-refractivity contribution in [1.29, 1.82) is 0 Å². The number of thiophene rings is 1. The van der Waals surface area contributed by atoms with E-state index in [-0.39, 0.29) is 60.0 Å². The highest BCUT2D eigenvalue weighted by molar-refractivity contribution is 7.15. The number of amides is 6. The number of nitrogens with one attached hydrogen (secondary N) is 2. The number of imide groups is 2. The van der Waals surface area contributed by atoms with Crippen LogP contribution in [0.15, 0.2) is 47.5 Å². The number of aryl methyl sites for hydroxylation is 2. The molecule has 1 saturated heterocycles. The summed E-state index contributed by atoms with van der Waals surface area (Å²) in [6, 6.07) is 9.91. The Morgan fingerprint density at radius 3 is 2.50 bits per heavy atom. The van der Waals surface area contributed by atoms with Crippen LogP contribution in [0.2, 0.25) is 5.02 Å². The molecule has 6 amide bonds. The number of nitrogens with zero attached hydrogens (tertiary/aromatic N) is 6. The molecule has 2 atom stereocenters. The maximum Gasteiger partial charge on any atom is 0.266 e. The van der Waals surface area contributed by atoms with Crippen molar-refractivity contribution < 1.29 is 33.5 Å². The van der Waals surface area contributed by atoms with Crippen LogP contribution in [-0.2, 0) is 19.2 Å². The van der Waals surface area contributed by atoms with Gasteiger partial charge in [-0.3, -0.25) is 48.5 Å². The van der Waals surface area contributed by atoms with Gasteiger partial charge in [0.05, 0.1) is 23.3 Å². The van der Waals surface area contributed by atoms with E-state index in [0.29, 0.717) is 29.5 Å². The molecule has 0 radical (unpaired) electrons. The summed E-state index contributed by atoms with van der Waals surface area (Å²) in [6.45, 7) is 5.62. The third-order valence-corrected chi connectivity index (χ3v) is 12.4. The Hall–Kier alpha value is -5.74. The summed E-state index contributed by atoms with van der Waals surface area (Å²) < 4.78 is 7.79. The normalized spacial score (nSPS) is 21.3. The van der Waals surface area contributed by atoms with Crippen LogP contribution in [0.5, 0.6) is 5.75 Å². The Labute approximate surface area is 330 Å². The Balaban J connectivity index is 0.900. The zero-order valence-corrected chi connectivity index (χ0v) is 32.5. The maximum absolute atomic E-state index is 13.6. The fourth-order valence-electron chi connectivity index (χ4n) is 7.67. The molecule has 2 aromatic carbocycles. The summed E-state index contributed by atoms with van der Waals surface area (Å²) in [5.74, 6) is -1.80. The number of benzene rings is 2. The number of halogens is 1. The zero-order chi connectivity index (χ0) is 39.6. The molecule has 0 bridgehead atoms. The lowest BCUT2D eigenvalue weighted by Crippen LogP contribution is -2.55. The van der Waals surface area contributed by atoms with Crippen LogP contribution in [0.1, 0.15) is 92.1 Å². The minimum absolute atomic E-state index is 0.000440. The first-order valence-electron chi connectivity index (χ1n) is 18.2. The fraction of sp³-hybridized carbons (Fsp3) is 0.359. The fourth-order valence-corrected chi connectivity index (χ4v) is 9.01. The maximum atomic E-state index is 13.6. The first-order valence-corrected chi connectivity index (χ1v) is 19.4. The summed E-state index contributed by atoms with van der Waals surface area (Å²) in [5, 5.41) is 15.7. The number of carbonyl (C=O) groups is 6. The van der Waals surface area contributed by atoms with Gasteiger partial charge in [0.2, 0.25) is 17.7 Å².